The third-order valence-electron chi connectivity index (χ3n) is 4.63. The Morgan fingerprint density at radius 2 is 1.30 bits per heavy atom. The number of hydrogen-bond acceptors (Lipinski definition) is 0. The second-order valence-corrected chi connectivity index (χ2v) is 5.90. The molecule has 0 amide bonds. The molecule has 0 bridgehead atoms. The second-order valence-electron chi connectivity index (χ2n) is 5.90. The van der Waals surface area contributed by atoms with Crippen LogP contribution in [0.3, 0.4) is 0 Å². The molecule has 0 atom stereocenters. The van der Waals surface area contributed by atoms with Gasteiger partial charge in [0.25, 0.3) is 0 Å². The van der Waals surface area contributed by atoms with Crippen LogP contribution in [0.4, 0.5) is 0 Å². The SMILES string of the molecule is C(C1c2ccccc2-c2ccccc21)=[N+]1CCCCC1. The molecule has 1 saturated heterocycles. The lowest BCUT2D eigenvalue weighted by molar-refractivity contribution is -0.534. The highest BCUT2D eigenvalue weighted by atomic mass is 15.0. The first-order valence-corrected chi connectivity index (χ1v) is 7.71. The molecule has 4 rings (SSSR count). The molecular weight excluding hydrogens is 242 g/mol. The maximum absolute atomic E-state index is 2.53. The van der Waals surface area contributed by atoms with Crippen molar-refractivity contribution >= 4 is 6.21 Å². The van der Waals surface area contributed by atoms with Gasteiger partial charge < -0.3 is 0 Å². The summed E-state index contributed by atoms with van der Waals surface area (Å²) in [6, 6.07) is 17.7. The first-order chi connectivity index (χ1) is 9.93. The van der Waals surface area contributed by atoms with Crippen molar-refractivity contribution < 1.29 is 4.58 Å². The largest absolute Gasteiger partial charge is 0.239 e. The smallest absolute Gasteiger partial charge is 0.151 e. The van der Waals surface area contributed by atoms with Crippen molar-refractivity contribution in [1.82, 2.24) is 0 Å². The first-order valence-electron chi connectivity index (χ1n) is 7.71. The standard InChI is InChI=1S/C19H20N/c1-6-12-20(13-7-1)14-19-17-10-4-2-8-15(17)16-9-3-5-11-18(16)19/h2-5,8-11,14,19H,1,6-7,12-13H2/q+1. The van der Waals surface area contributed by atoms with Crippen molar-refractivity contribution in [2.24, 2.45) is 0 Å². The molecule has 0 radical (unpaired) electrons. The van der Waals surface area contributed by atoms with E-state index in [9.17, 15) is 0 Å². The number of rotatable bonds is 1. The Bertz CT molecular complexity index is 615. The minimum Gasteiger partial charge on any atom is -0.239 e. The molecule has 0 spiro atoms. The molecule has 1 nitrogen and oxygen atoms in total. The summed E-state index contributed by atoms with van der Waals surface area (Å²) in [7, 11) is 0. The molecule has 100 valence electrons. The van der Waals surface area contributed by atoms with Crippen LogP contribution in [0.25, 0.3) is 11.1 Å². The summed E-state index contributed by atoms with van der Waals surface area (Å²) in [5.74, 6) is 0.445. The van der Waals surface area contributed by atoms with Crippen molar-refractivity contribution in [3.8, 4) is 11.1 Å². The van der Waals surface area contributed by atoms with Gasteiger partial charge in [-0.2, -0.15) is 0 Å². The normalized spacial score (nSPS) is 17.7. The van der Waals surface area contributed by atoms with Gasteiger partial charge in [0.1, 0.15) is 13.1 Å². The summed E-state index contributed by atoms with van der Waals surface area (Å²) < 4.78 is 2.53. The summed E-state index contributed by atoms with van der Waals surface area (Å²) in [6.07, 6.45) is 6.55. The molecule has 0 unspecified atom stereocenters. The van der Waals surface area contributed by atoms with Crippen molar-refractivity contribution in [3.05, 3.63) is 59.7 Å². The van der Waals surface area contributed by atoms with Crippen LogP contribution in [-0.2, 0) is 0 Å². The monoisotopic (exact) mass is 262 g/mol. The zero-order valence-corrected chi connectivity index (χ0v) is 11.8. The van der Waals surface area contributed by atoms with Gasteiger partial charge in [-0.3, -0.25) is 0 Å². The topological polar surface area (TPSA) is 3.01 Å². The van der Waals surface area contributed by atoms with Crippen molar-refractivity contribution in [2.45, 2.75) is 25.2 Å². The Hall–Kier alpha value is -1.89. The van der Waals surface area contributed by atoms with Gasteiger partial charge in [-0.15, -0.1) is 0 Å². The average molecular weight is 262 g/mol. The molecular formula is C19H20N+. The predicted octanol–water partition coefficient (Wildman–Crippen LogP) is 4.07. The highest BCUT2D eigenvalue weighted by Crippen LogP contribution is 2.43. The van der Waals surface area contributed by atoms with E-state index in [1.807, 2.05) is 0 Å². The Morgan fingerprint density at radius 1 is 0.750 bits per heavy atom. The van der Waals surface area contributed by atoms with Crippen molar-refractivity contribution in [2.75, 3.05) is 13.1 Å². The van der Waals surface area contributed by atoms with Gasteiger partial charge in [0, 0.05) is 12.8 Å². The van der Waals surface area contributed by atoms with Crippen LogP contribution in [0.2, 0.25) is 0 Å². The highest BCUT2D eigenvalue weighted by molar-refractivity contribution is 5.87. The van der Waals surface area contributed by atoms with Crippen molar-refractivity contribution in [3.63, 3.8) is 0 Å². The predicted molar refractivity (Wildman–Crippen MR) is 83.6 cm³/mol. The van der Waals surface area contributed by atoms with Crippen LogP contribution >= 0.6 is 0 Å². The van der Waals surface area contributed by atoms with Gasteiger partial charge in [-0.1, -0.05) is 48.5 Å². The van der Waals surface area contributed by atoms with E-state index >= 15 is 0 Å². The fourth-order valence-electron chi connectivity index (χ4n) is 3.63. The van der Waals surface area contributed by atoms with Crippen LogP contribution < -0.4 is 0 Å². The van der Waals surface area contributed by atoms with Gasteiger partial charge in [-0.05, 0) is 28.7 Å². The molecule has 20 heavy (non-hydrogen) atoms. The van der Waals surface area contributed by atoms with Crippen LogP contribution in [0, 0.1) is 0 Å². The van der Waals surface area contributed by atoms with E-state index < -0.39 is 0 Å². The molecule has 1 aliphatic carbocycles. The third kappa shape index (κ3) is 1.89. The van der Waals surface area contributed by atoms with Crippen molar-refractivity contribution in [1.29, 1.82) is 0 Å². The van der Waals surface area contributed by atoms with Gasteiger partial charge in [0.2, 0.25) is 0 Å². The van der Waals surface area contributed by atoms with Crippen LogP contribution in [0.1, 0.15) is 36.3 Å². The zero-order chi connectivity index (χ0) is 13.4. The summed E-state index contributed by atoms with van der Waals surface area (Å²) in [5, 5.41) is 0. The maximum Gasteiger partial charge on any atom is 0.151 e. The summed E-state index contributed by atoms with van der Waals surface area (Å²) in [6.45, 7) is 2.45. The lowest BCUT2D eigenvalue weighted by Crippen LogP contribution is -2.23. The lowest BCUT2D eigenvalue weighted by Gasteiger charge is -2.12. The quantitative estimate of drug-likeness (QED) is 0.682. The molecule has 1 fully saturated rings. The van der Waals surface area contributed by atoms with E-state index in [1.54, 1.807) is 0 Å². The molecule has 0 aromatic heterocycles. The fraction of sp³-hybridized carbons (Fsp3) is 0.316. The Labute approximate surface area is 120 Å². The minimum absolute atomic E-state index is 0.445. The molecule has 2 aliphatic rings. The number of hydrogen-bond donors (Lipinski definition) is 0. The lowest BCUT2D eigenvalue weighted by atomic mass is 9.98. The number of fused-ring (bicyclic) bond motifs is 3. The van der Waals surface area contributed by atoms with Crippen LogP contribution in [0.5, 0.6) is 0 Å². The van der Waals surface area contributed by atoms with E-state index in [2.05, 4.69) is 59.3 Å². The molecule has 2 aromatic rings. The highest BCUT2D eigenvalue weighted by Gasteiger charge is 2.29. The van der Waals surface area contributed by atoms with E-state index in [4.69, 9.17) is 0 Å². The Balaban J connectivity index is 1.83. The summed E-state index contributed by atoms with van der Waals surface area (Å²) in [4.78, 5) is 0. The average Bonchev–Trinajstić information content (AvgIpc) is 2.84. The van der Waals surface area contributed by atoms with Gasteiger partial charge in [0.05, 0.1) is 5.92 Å². The molecule has 1 heterocycles. The van der Waals surface area contributed by atoms with Gasteiger partial charge >= 0.3 is 0 Å². The second kappa shape index (κ2) is 4.90. The Morgan fingerprint density at radius 3 is 1.90 bits per heavy atom. The van der Waals surface area contributed by atoms with Gasteiger partial charge in [0.15, 0.2) is 6.21 Å². The van der Waals surface area contributed by atoms with E-state index in [-0.39, 0.29) is 0 Å². The van der Waals surface area contributed by atoms with Crippen LogP contribution in [0.15, 0.2) is 48.5 Å². The zero-order valence-electron chi connectivity index (χ0n) is 11.8. The molecule has 1 aliphatic heterocycles. The van der Waals surface area contributed by atoms with E-state index in [0.29, 0.717) is 5.92 Å². The number of nitrogens with zero attached hydrogens (tertiary/aromatic N) is 1. The third-order valence-corrected chi connectivity index (χ3v) is 4.63. The first kappa shape index (κ1) is 11.9. The van der Waals surface area contributed by atoms with Gasteiger partial charge in [-0.25, -0.2) is 4.58 Å². The van der Waals surface area contributed by atoms with E-state index in [0.717, 1.165) is 0 Å². The number of benzene rings is 2. The maximum atomic E-state index is 2.53. The Kier molecular flexibility index (Phi) is 2.91. The molecule has 1 heteroatoms. The van der Waals surface area contributed by atoms with E-state index in [1.165, 1.54) is 54.6 Å². The molecule has 0 saturated carbocycles. The minimum atomic E-state index is 0.445. The van der Waals surface area contributed by atoms with Crippen LogP contribution in [-0.4, -0.2) is 23.9 Å². The summed E-state index contributed by atoms with van der Waals surface area (Å²) >= 11 is 0. The molecule has 2 aromatic carbocycles. The fourth-order valence-corrected chi connectivity index (χ4v) is 3.63. The number of piperidine rings is 1. The molecule has 0 N–H and O–H groups in total. The summed E-state index contributed by atoms with van der Waals surface area (Å²) in [5.41, 5.74) is 5.78.